The first-order valence-corrected chi connectivity index (χ1v) is 9.00. The fourth-order valence-corrected chi connectivity index (χ4v) is 3.62. The molecule has 0 aromatic heterocycles. The van der Waals surface area contributed by atoms with E-state index in [2.05, 4.69) is 46.0 Å². The Morgan fingerprint density at radius 2 is 1.93 bits per heavy atom. The summed E-state index contributed by atoms with van der Waals surface area (Å²) < 4.78 is 6.26. The number of allylic oxidation sites excluding steroid dienone is 2. The third kappa shape index (κ3) is 4.11. The first-order valence-electron chi connectivity index (χ1n) is 6.21. The average Bonchev–Trinajstić information content (AvgIpc) is 2.14. The van der Waals surface area contributed by atoms with E-state index < -0.39 is 9.04 Å². The Hall–Kier alpha value is -0.0831. The summed E-state index contributed by atoms with van der Waals surface area (Å²) in [5, 5.41) is 0. The van der Waals surface area contributed by atoms with Crippen LogP contribution in [0.3, 0.4) is 0 Å². The summed E-state index contributed by atoms with van der Waals surface area (Å²) in [4.78, 5) is 0. The van der Waals surface area contributed by atoms with Gasteiger partial charge in [0, 0.05) is 0 Å². The van der Waals surface area contributed by atoms with Crippen molar-refractivity contribution in [3.63, 3.8) is 0 Å². The summed E-state index contributed by atoms with van der Waals surface area (Å²) >= 11 is 0. The second-order valence-electron chi connectivity index (χ2n) is 6.02. The van der Waals surface area contributed by atoms with Gasteiger partial charge in [-0.1, -0.05) is 32.9 Å². The lowest BCUT2D eigenvalue weighted by Gasteiger charge is -2.39. The monoisotopic (exact) mass is 226 g/mol. The minimum Gasteiger partial charge on any atom is -0.417 e. The minimum absolute atomic E-state index is 0.285. The molecule has 2 atom stereocenters. The molecule has 0 aromatic carbocycles. The lowest BCUT2D eigenvalue weighted by atomic mass is 9.77. The molecule has 0 aliphatic heterocycles. The summed E-state index contributed by atoms with van der Waals surface area (Å²) in [6.07, 6.45) is 8.85. The van der Waals surface area contributed by atoms with Gasteiger partial charge >= 0.3 is 0 Å². The van der Waals surface area contributed by atoms with Gasteiger partial charge in [0.15, 0.2) is 9.04 Å². The second kappa shape index (κ2) is 5.31. The van der Waals surface area contributed by atoms with Crippen molar-refractivity contribution in [2.45, 2.75) is 59.2 Å². The van der Waals surface area contributed by atoms with Crippen molar-refractivity contribution < 1.29 is 4.43 Å². The van der Waals surface area contributed by atoms with Crippen LogP contribution in [0.25, 0.3) is 0 Å². The van der Waals surface area contributed by atoms with E-state index >= 15 is 0 Å². The largest absolute Gasteiger partial charge is 0.417 e. The van der Waals surface area contributed by atoms with Gasteiger partial charge in [0.05, 0.1) is 6.10 Å². The van der Waals surface area contributed by atoms with Gasteiger partial charge < -0.3 is 4.43 Å². The Morgan fingerprint density at radius 1 is 1.27 bits per heavy atom. The molecule has 0 saturated heterocycles. The third-order valence-corrected chi connectivity index (χ3v) is 3.85. The highest BCUT2D eigenvalue weighted by Gasteiger charge is 2.33. The normalized spacial score (nSPS) is 24.5. The molecule has 0 N–H and O–H groups in total. The van der Waals surface area contributed by atoms with Crippen molar-refractivity contribution in [2.75, 3.05) is 0 Å². The average molecular weight is 226 g/mol. The van der Waals surface area contributed by atoms with E-state index in [0.717, 1.165) is 5.92 Å². The third-order valence-electron chi connectivity index (χ3n) is 3.01. The molecular formula is C13H26OSi. The molecule has 0 spiro atoms. The summed E-state index contributed by atoms with van der Waals surface area (Å²) in [5.74, 6) is 0.741. The highest BCUT2D eigenvalue weighted by molar-refractivity contribution is 6.48. The molecule has 1 aliphatic carbocycles. The minimum atomic E-state index is -0.923. The van der Waals surface area contributed by atoms with Crippen molar-refractivity contribution in [2.24, 2.45) is 11.3 Å². The van der Waals surface area contributed by atoms with Gasteiger partial charge in [-0.2, -0.15) is 0 Å². The zero-order valence-corrected chi connectivity index (χ0v) is 12.1. The van der Waals surface area contributed by atoms with E-state index in [1.165, 1.54) is 19.3 Å². The maximum atomic E-state index is 6.26. The van der Waals surface area contributed by atoms with Crippen molar-refractivity contribution in [1.82, 2.24) is 0 Å². The summed E-state index contributed by atoms with van der Waals surface area (Å²) in [5.41, 5.74) is 0.285. The second-order valence-corrected chi connectivity index (χ2v) is 8.39. The van der Waals surface area contributed by atoms with Crippen LogP contribution < -0.4 is 0 Å². The first kappa shape index (κ1) is 13.0. The Morgan fingerprint density at radius 3 is 2.33 bits per heavy atom. The fraction of sp³-hybridized carbons (Fsp3) is 0.846. The van der Waals surface area contributed by atoms with Crippen LogP contribution >= 0.6 is 0 Å². The molecule has 0 saturated carbocycles. The molecule has 1 nitrogen and oxygen atoms in total. The van der Waals surface area contributed by atoms with Crippen LogP contribution in [0.1, 0.15) is 40.0 Å². The number of hydrogen-bond acceptors (Lipinski definition) is 1. The van der Waals surface area contributed by atoms with Crippen LogP contribution in [-0.4, -0.2) is 15.1 Å². The van der Waals surface area contributed by atoms with E-state index in [9.17, 15) is 0 Å². The Labute approximate surface area is 96.6 Å². The summed E-state index contributed by atoms with van der Waals surface area (Å²) in [7, 11) is -0.923. The van der Waals surface area contributed by atoms with Gasteiger partial charge in [0.1, 0.15) is 0 Å². The Balaban J connectivity index is 2.67. The Bertz CT molecular complexity index is 215. The van der Waals surface area contributed by atoms with Crippen LogP contribution in [0.15, 0.2) is 12.2 Å². The van der Waals surface area contributed by atoms with E-state index in [4.69, 9.17) is 4.43 Å². The zero-order chi connectivity index (χ0) is 11.5. The van der Waals surface area contributed by atoms with Gasteiger partial charge in [-0.15, -0.1) is 0 Å². The molecular weight excluding hydrogens is 200 g/mol. The van der Waals surface area contributed by atoms with Crippen LogP contribution in [-0.2, 0) is 4.43 Å². The quantitative estimate of drug-likeness (QED) is 0.526. The van der Waals surface area contributed by atoms with Crippen molar-refractivity contribution >= 4 is 9.04 Å². The van der Waals surface area contributed by atoms with Crippen LogP contribution in [0.2, 0.25) is 13.1 Å². The van der Waals surface area contributed by atoms with Gasteiger partial charge in [0.25, 0.3) is 0 Å². The molecule has 0 heterocycles. The van der Waals surface area contributed by atoms with E-state index in [-0.39, 0.29) is 5.41 Å². The summed E-state index contributed by atoms with van der Waals surface area (Å²) in [6, 6.07) is 0. The lowest BCUT2D eigenvalue weighted by Crippen LogP contribution is -2.39. The summed E-state index contributed by atoms with van der Waals surface area (Å²) in [6.45, 7) is 11.5. The maximum absolute atomic E-state index is 6.26. The number of rotatable bonds is 3. The van der Waals surface area contributed by atoms with Gasteiger partial charge in [0.2, 0.25) is 0 Å². The molecule has 0 bridgehead atoms. The zero-order valence-electron chi connectivity index (χ0n) is 10.9. The maximum Gasteiger partial charge on any atom is 0.171 e. The first-order chi connectivity index (χ1) is 6.91. The fourth-order valence-electron chi connectivity index (χ4n) is 2.41. The van der Waals surface area contributed by atoms with Crippen LogP contribution in [0.5, 0.6) is 0 Å². The lowest BCUT2D eigenvalue weighted by molar-refractivity contribution is 0.0291. The van der Waals surface area contributed by atoms with E-state index in [1.807, 2.05) is 0 Å². The van der Waals surface area contributed by atoms with Crippen molar-refractivity contribution in [3.05, 3.63) is 12.2 Å². The standard InChI is InChI=1S/C13H26OSi/c1-13(2,3)12(14-15(4)5)11-9-7-6-8-10-11/h6-7,11-12,15H,8-10H2,1-5H3. The predicted molar refractivity (Wildman–Crippen MR) is 69.7 cm³/mol. The van der Waals surface area contributed by atoms with Gasteiger partial charge in [-0.3, -0.25) is 0 Å². The van der Waals surface area contributed by atoms with Crippen LogP contribution in [0.4, 0.5) is 0 Å². The van der Waals surface area contributed by atoms with Crippen molar-refractivity contribution in [1.29, 1.82) is 0 Å². The Kier molecular flexibility index (Phi) is 4.59. The van der Waals surface area contributed by atoms with Crippen molar-refractivity contribution in [3.8, 4) is 0 Å². The smallest absolute Gasteiger partial charge is 0.171 e. The van der Waals surface area contributed by atoms with Crippen LogP contribution in [0, 0.1) is 11.3 Å². The molecule has 0 amide bonds. The molecule has 15 heavy (non-hydrogen) atoms. The molecule has 0 radical (unpaired) electrons. The molecule has 0 fully saturated rings. The molecule has 1 aliphatic rings. The number of hydrogen-bond donors (Lipinski definition) is 0. The topological polar surface area (TPSA) is 9.23 Å². The molecule has 0 aromatic rings. The van der Waals surface area contributed by atoms with Gasteiger partial charge in [-0.05, 0) is 43.7 Å². The highest BCUT2D eigenvalue weighted by atomic mass is 28.3. The molecule has 88 valence electrons. The van der Waals surface area contributed by atoms with E-state index in [1.54, 1.807) is 0 Å². The van der Waals surface area contributed by atoms with E-state index in [0.29, 0.717) is 6.10 Å². The predicted octanol–water partition coefficient (Wildman–Crippen LogP) is 3.76. The highest BCUT2D eigenvalue weighted by Crippen LogP contribution is 2.35. The molecule has 1 rings (SSSR count). The SMILES string of the molecule is C[SiH](C)OC(C1CC=CCC1)C(C)(C)C. The molecule has 2 unspecified atom stereocenters. The van der Waals surface area contributed by atoms with Gasteiger partial charge in [-0.25, -0.2) is 0 Å². The molecule has 2 heteroatoms.